The van der Waals surface area contributed by atoms with Crippen molar-refractivity contribution in [2.75, 3.05) is 6.54 Å². The van der Waals surface area contributed by atoms with E-state index >= 15 is 0 Å². The number of aromatic nitrogens is 2. The summed E-state index contributed by atoms with van der Waals surface area (Å²) < 4.78 is 2.11. The molecule has 0 amide bonds. The van der Waals surface area contributed by atoms with E-state index in [-0.39, 0.29) is 6.04 Å². The second-order valence-electron chi connectivity index (χ2n) is 6.14. The Morgan fingerprint density at radius 1 is 1.58 bits per heavy atom. The normalized spacial score (nSPS) is 22.4. The van der Waals surface area contributed by atoms with Crippen LogP contribution in [0.25, 0.3) is 0 Å². The number of hydrogen-bond donors (Lipinski definition) is 1. The fourth-order valence-electron chi connectivity index (χ4n) is 2.61. The first-order chi connectivity index (χ1) is 9.08. The third kappa shape index (κ3) is 2.60. The molecule has 0 aromatic carbocycles. The molecular weight excluding hydrogens is 254 g/mol. The van der Waals surface area contributed by atoms with Crippen molar-refractivity contribution in [2.45, 2.75) is 26.3 Å². The first-order valence-electron chi connectivity index (χ1n) is 6.82. The van der Waals surface area contributed by atoms with Crippen molar-refractivity contribution in [1.29, 1.82) is 0 Å². The molecule has 2 aromatic rings. The van der Waals surface area contributed by atoms with E-state index in [0.717, 1.165) is 18.3 Å². The first-order valence-corrected chi connectivity index (χ1v) is 7.70. The predicted octanol–water partition coefficient (Wildman–Crippen LogP) is 3.21. The van der Waals surface area contributed by atoms with Gasteiger partial charge in [0, 0.05) is 24.3 Å². The van der Waals surface area contributed by atoms with E-state index in [9.17, 15) is 0 Å². The molecule has 4 heteroatoms. The van der Waals surface area contributed by atoms with Gasteiger partial charge in [-0.3, -0.25) is 0 Å². The van der Waals surface area contributed by atoms with Crippen LogP contribution in [0.2, 0.25) is 0 Å². The third-order valence-corrected chi connectivity index (χ3v) is 5.17. The molecule has 1 fully saturated rings. The molecule has 3 rings (SSSR count). The minimum atomic E-state index is 0.219. The van der Waals surface area contributed by atoms with Crippen LogP contribution in [0, 0.1) is 11.3 Å². The number of nitrogens with zero attached hydrogens (tertiary/aromatic N) is 2. The van der Waals surface area contributed by atoms with E-state index in [1.807, 2.05) is 12.4 Å². The maximum atomic E-state index is 4.51. The molecule has 0 bridgehead atoms. The van der Waals surface area contributed by atoms with Crippen molar-refractivity contribution >= 4 is 11.3 Å². The molecule has 19 heavy (non-hydrogen) atoms. The summed E-state index contributed by atoms with van der Waals surface area (Å²) in [5.41, 5.74) is 0.522. The van der Waals surface area contributed by atoms with Crippen LogP contribution in [-0.4, -0.2) is 16.1 Å². The van der Waals surface area contributed by atoms with Crippen molar-refractivity contribution in [1.82, 2.24) is 14.9 Å². The molecule has 102 valence electrons. The van der Waals surface area contributed by atoms with Gasteiger partial charge >= 0.3 is 0 Å². The summed E-state index contributed by atoms with van der Waals surface area (Å²) in [6.07, 6.45) is 5.22. The van der Waals surface area contributed by atoms with Crippen molar-refractivity contribution in [3.8, 4) is 0 Å². The van der Waals surface area contributed by atoms with Crippen LogP contribution in [0.5, 0.6) is 0 Å². The highest BCUT2D eigenvalue weighted by Crippen LogP contribution is 2.51. The minimum absolute atomic E-state index is 0.219. The van der Waals surface area contributed by atoms with Gasteiger partial charge in [0.05, 0.1) is 0 Å². The number of thiophene rings is 1. The van der Waals surface area contributed by atoms with E-state index in [1.54, 1.807) is 11.3 Å². The van der Waals surface area contributed by atoms with E-state index in [4.69, 9.17) is 0 Å². The standard InChI is InChI=1S/C15H21N3S/c1-15(2)9-11(15)10-17-13(12-5-4-8-19-12)14-16-6-7-18(14)3/h4-8,11,13,17H,9-10H2,1-3H3. The van der Waals surface area contributed by atoms with Crippen LogP contribution in [0.1, 0.15) is 37.0 Å². The quantitative estimate of drug-likeness (QED) is 0.908. The Kier molecular flexibility index (Phi) is 3.23. The van der Waals surface area contributed by atoms with Gasteiger partial charge in [-0.25, -0.2) is 4.98 Å². The highest BCUT2D eigenvalue weighted by Gasteiger charge is 2.45. The van der Waals surface area contributed by atoms with Crippen LogP contribution >= 0.6 is 11.3 Å². The van der Waals surface area contributed by atoms with Gasteiger partial charge in [-0.1, -0.05) is 19.9 Å². The van der Waals surface area contributed by atoms with Gasteiger partial charge in [0.1, 0.15) is 11.9 Å². The molecule has 1 N–H and O–H groups in total. The Bertz CT molecular complexity index is 542. The Morgan fingerprint density at radius 3 is 2.89 bits per heavy atom. The highest BCUT2D eigenvalue weighted by atomic mass is 32.1. The van der Waals surface area contributed by atoms with Crippen molar-refractivity contribution in [2.24, 2.45) is 18.4 Å². The van der Waals surface area contributed by atoms with Gasteiger partial charge in [-0.15, -0.1) is 11.3 Å². The number of hydrogen-bond acceptors (Lipinski definition) is 3. The topological polar surface area (TPSA) is 29.9 Å². The first kappa shape index (κ1) is 12.9. The minimum Gasteiger partial charge on any atom is -0.336 e. The second kappa shape index (κ2) is 4.76. The lowest BCUT2D eigenvalue weighted by Gasteiger charge is -2.18. The fraction of sp³-hybridized carbons (Fsp3) is 0.533. The molecule has 2 atom stereocenters. The molecule has 0 saturated heterocycles. The van der Waals surface area contributed by atoms with Crippen molar-refractivity contribution < 1.29 is 0 Å². The van der Waals surface area contributed by atoms with Crippen LogP contribution < -0.4 is 5.32 Å². The Morgan fingerprint density at radius 2 is 2.37 bits per heavy atom. The molecule has 1 aliphatic rings. The molecule has 1 saturated carbocycles. The lowest BCUT2D eigenvalue weighted by molar-refractivity contribution is 0.485. The largest absolute Gasteiger partial charge is 0.336 e. The number of aryl methyl sites for hydroxylation is 1. The lowest BCUT2D eigenvalue weighted by atomic mass is 10.1. The van der Waals surface area contributed by atoms with Gasteiger partial charge in [0.2, 0.25) is 0 Å². The molecule has 0 radical (unpaired) electrons. The van der Waals surface area contributed by atoms with Gasteiger partial charge < -0.3 is 9.88 Å². The molecule has 2 unspecified atom stereocenters. The van der Waals surface area contributed by atoms with E-state index in [1.165, 1.54) is 11.3 Å². The average Bonchev–Trinajstić information content (AvgIpc) is 2.83. The summed E-state index contributed by atoms with van der Waals surface area (Å²) in [4.78, 5) is 5.85. The summed E-state index contributed by atoms with van der Waals surface area (Å²) in [5.74, 6) is 1.90. The Labute approximate surface area is 118 Å². The van der Waals surface area contributed by atoms with Crippen LogP contribution in [0.15, 0.2) is 29.9 Å². The maximum absolute atomic E-state index is 4.51. The van der Waals surface area contributed by atoms with Gasteiger partial charge in [-0.2, -0.15) is 0 Å². The summed E-state index contributed by atoms with van der Waals surface area (Å²) in [5, 5.41) is 5.84. The zero-order valence-corrected chi connectivity index (χ0v) is 12.6. The lowest BCUT2D eigenvalue weighted by Crippen LogP contribution is -2.27. The van der Waals surface area contributed by atoms with Crippen molar-refractivity contribution in [3.05, 3.63) is 40.6 Å². The molecule has 1 aliphatic carbocycles. The van der Waals surface area contributed by atoms with E-state index in [0.29, 0.717) is 5.41 Å². The summed E-state index contributed by atoms with van der Waals surface area (Å²) in [6, 6.07) is 4.52. The Hall–Kier alpha value is -1.13. The third-order valence-electron chi connectivity index (χ3n) is 4.23. The smallest absolute Gasteiger partial charge is 0.131 e. The van der Waals surface area contributed by atoms with Gasteiger partial charge in [0.25, 0.3) is 0 Å². The zero-order valence-electron chi connectivity index (χ0n) is 11.8. The number of rotatable bonds is 5. The van der Waals surface area contributed by atoms with Crippen LogP contribution in [0.3, 0.4) is 0 Å². The molecule has 0 spiro atoms. The summed E-state index contributed by atoms with van der Waals surface area (Å²) in [6.45, 7) is 5.77. The zero-order chi connectivity index (χ0) is 13.5. The van der Waals surface area contributed by atoms with Gasteiger partial charge in [-0.05, 0) is 35.7 Å². The number of nitrogens with one attached hydrogen (secondary N) is 1. The second-order valence-corrected chi connectivity index (χ2v) is 7.12. The average molecular weight is 275 g/mol. The Balaban J connectivity index is 1.76. The molecule has 2 heterocycles. The van der Waals surface area contributed by atoms with Gasteiger partial charge in [0.15, 0.2) is 0 Å². The maximum Gasteiger partial charge on any atom is 0.131 e. The van der Waals surface area contributed by atoms with Crippen LogP contribution in [-0.2, 0) is 7.05 Å². The summed E-state index contributed by atoms with van der Waals surface area (Å²) >= 11 is 1.79. The monoisotopic (exact) mass is 275 g/mol. The number of imidazole rings is 1. The molecule has 3 nitrogen and oxygen atoms in total. The fourth-order valence-corrected chi connectivity index (χ4v) is 3.41. The van der Waals surface area contributed by atoms with Crippen LogP contribution in [0.4, 0.5) is 0 Å². The van der Waals surface area contributed by atoms with E-state index in [2.05, 4.69) is 53.3 Å². The summed E-state index contributed by atoms with van der Waals surface area (Å²) in [7, 11) is 2.06. The predicted molar refractivity (Wildman–Crippen MR) is 79.3 cm³/mol. The highest BCUT2D eigenvalue weighted by molar-refractivity contribution is 7.10. The van der Waals surface area contributed by atoms with Crippen molar-refractivity contribution in [3.63, 3.8) is 0 Å². The van der Waals surface area contributed by atoms with E-state index < -0.39 is 0 Å². The molecule has 0 aliphatic heterocycles. The molecular formula is C15H21N3S. The SMILES string of the molecule is Cn1ccnc1C(NCC1CC1(C)C)c1cccs1. The molecule has 2 aromatic heterocycles.